The van der Waals surface area contributed by atoms with Crippen LogP contribution in [0.25, 0.3) is 0 Å². The fourth-order valence-electron chi connectivity index (χ4n) is 2.99. The summed E-state index contributed by atoms with van der Waals surface area (Å²) in [5.41, 5.74) is 3.28. The lowest BCUT2D eigenvalue weighted by molar-refractivity contribution is -0.136. The van der Waals surface area contributed by atoms with Crippen LogP contribution in [-0.4, -0.2) is 24.3 Å². The standard InChI is InChI=1S/C21H23N3O3/c1-15-8-10-16(11-9-15)14-22-20(26)21(27)23-17-5-4-6-18(13-17)24-12-3-2-7-19(24)25/h4-6,8-11,13H,2-3,7,12,14H2,1H3,(H,22,26)(H,23,27). The van der Waals surface area contributed by atoms with Gasteiger partial charge in [-0.15, -0.1) is 0 Å². The number of carbonyl (C=O) groups excluding carboxylic acids is 3. The molecule has 0 aliphatic carbocycles. The van der Waals surface area contributed by atoms with Crippen molar-refractivity contribution in [3.8, 4) is 0 Å². The molecule has 1 aliphatic heterocycles. The molecule has 1 fully saturated rings. The summed E-state index contributed by atoms with van der Waals surface area (Å²) in [4.78, 5) is 37.9. The lowest BCUT2D eigenvalue weighted by Gasteiger charge is -2.27. The van der Waals surface area contributed by atoms with Gasteiger partial charge in [0, 0.05) is 30.9 Å². The van der Waals surface area contributed by atoms with Crippen LogP contribution in [0.15, 0.2) is 48.5 Å². The van der Waals surface area contributed by atoms with Gasteiger partial charge in [0.05, 0.1) is 0 Å². The van der Waals surface area contributed by atoms with Crippen LogP contribution in [0.3, 0.4) is 0 Å². The molecule has 2 aromatic carbocycles. The van der Waals surface area contributed by atoms with Crippen molar-refractivity contribution in [2.24, 2.45) is 0 Å². The second-order valence-electron chi connectivity index (χ2n) is 6.68. The molecule has 0 unspecified atom stereocenters. The number of nitrogens with one attached hydrogen (secondary N) is 2. The maximum absolute atomic E-state index is 12.1. The van der Waals surface area contributed by atoms with Crippen LogP contribution >= 0.6 is 0 Å². The zero-order valence-corrected chi connectivity index (χ0v) is 15.3. The van der Waals surface area contributed by atoms with Crippen molar-refractivity contribution in [1.82, 2.24) is 5.32 Å². The lowest BCUT2D eigenvalue weighted by Crippen LogP contribution is -2.36. The highest BCUT2D eigenvalue weighted by molar-refractivity contribution is 6.39. The van der Waals surface area contributed by atoms with Gasteiger partial charge in [-0.1, -0.05) is 35.9 Å². The quantitative estimate of drug-likeness (QED) is 0.818. The minimum Gasteiger partial charge on any atom is -0.344 e. The topological polar surface area (TPSA) is 78.5 Å². The molecule has 3 amide bonds. The van der Waals surface area contributed by atoms with Crippen molar-refractivity contribution in [2.45, 2.75) is 32.7 Å². The molecule has 2 aromatic rings. The van der Waals surface area contributed by atoms with Crippen LogP contribution < -0.4 is 15.5 Å². The molecular weight excluding hydrogens is 342 g/mol. The summed E-state index contributed by atoms with van der Waals surface area (Å²) in [6.45, 7) is 2.95. The Morgan fingerprint density at radius 3 is 2.56 bits per heavy atom. The van der Waals surface area contributed by atoms with Gasteiger partial charge in [0.2, 0.25) is 5.91 Å². The highest BCUT2D eigenvalue weighted by Gasteiger charge is 2.20. The number of rotatable bonds is 4. The van der Waals surface area contributed by atoms with Gasteiger partial charge in [-0.3, -0.25) is 14.4 Å². The fourth-order valence-corrected chi connectivity index (χ4v) is 2.99. The van der Waals surface area contributed by atoms with Crippen LogP contribution in [0.2, 0.25) is 0 Å². The third-order valence-electron chi connectivity index (χ3n) is 4.52. The van der Waals surface area contributed by atoms with Crippen LogP contribution in [0, 0.1) is 6.92 Å². The van der Waals surface area contributed by atoms with Crippen molar-refractivity contribution in [2.75, 3.05) is 16.8 Å². The smallest absolute Gasteiger partial charge is 0.313 e. The first kappa shape index (κ1) is 18.6. The molecule has 1 aliphatic rings. The third kappa shape index (κ3) is 4.94. The molecule has 0 radical (unpaired) electrons. The molecule has 3 rings (SSSR count). The minimum atomic E-state index is -0.732. The van der Waals surface area contributed by atoms with Crippen molar-refractivity contribution >= 4 is 29.1 Å². The molecule has 0 bridgehead atoms. The predicted octanol–water partition coefficient (Wildman–Crippen LogP) is 2.77. The van der Waals surface area contributed by atoms with Crippen LogP contribution in [0.5, 0.6) is 0 Å². The molecule has 140 valence electrons. The molecule has 27 heavy (non-hydrogen) atoms. The normalized spacial score (nSPS) is 14.0. The summed E-state index contributed by atoms with van der Waals surface area (Å²) in [6, 6.07) is 14.7. The fraction of sp³-hybridized carbons (Fsp3) is 0.286. The number of hydrogen-bond acceptors (Lipinski definition) is 3. The zero-order chi connectivity index (χ0) is 19.2. The van der Waals surface area contributed by atoms with Gasteiger partial charge in [0.25, 0.3) is 0 Å². The summed E-state index contributed by atoms with van der Waals surface area (Å²) in [6.07, 6.45) is 2.41. The van der Waals surface area contributed by atoms with E-state index in [0.29, 0.717) is 18.7 Å². The van der Waals surface area contributed by atoms with Gasteiger partial charge >= 0.3 is 11.8 Å². The summed E-state index contributed by atoms with van der Waals surface area (Å²) in [7, 11) is 0. The van der Waals surface area contributed by atoms with E-state index in [1.165, 1.54) is 0 Å². The van der Waals surface area contributed by atoms with Crippen molar-refractivity contribution in [3.63, 3.8) is 0 Å². The number of piperidine rings is 1. The first-order valence-electron chi connectivity index (χ1n) is 9.08. The largest absolute Gasteiger partial charge is 0.344 e. The average Bonchev–Trinajstić information content (AvgIpc) is 2.68. The zero-order valence-electron chi connectivity index (χ0n) is 15.3. The molecule has 0 saturated carbocycles. The number of nitrogens with zero attached hydrogens (tertiary/aromatic N) is 1. The second kappa shape index (κ2) is 8.49. The van der Waals surface area contributed by atoms with E-state index in [4.69, 9.17) is 0 Å². The van der Waals surface area contributed by atoms with Gasteiger partial charge in [-0.05, 0) is 43.5 Å². The van der Waals surface area contributed by atoms with Gasteiger partial charge in [-0.25, -0.2) is 0 Å². The number of aryl methyl sites for hydroxylation is 1. The Hall–Kier alpha value is -3.15. The molecule has 2 N–H and O–H groups in total. The monoisotopic (exact) mass is 365 g/mol. The van der Waals surface area contributed by atoms with E-state index < -0.39 is 11.8 Å². The second-order valence-corrected chi connectivity index (χ2v) is 6.68. The Bertz CT molecular complexity index is 846. The van der Waals surface area contributed by atoms with Crippen molar-refractivity contribution in [3.05, 3.63) is 59.7 Å². The number of hydrogen-bond donors (Lipinski definition) is 2. The highest BCUT2D eigenvalue weighted by atomic mass is 16.2. The third-order valence-corrected chi connectivity index (χ3v) is 4.52. The van der Waals surface area contributed by atoms with Crippen molar-refractivity contribution in [1.29, 1.82) is 0 Å². The van der Waals surface area contributed by atoms with E-state index >= 15 is 0 Å². The molecule has 1 saturated heterocycles. The molecule has 6 heteroatoms. The average molecular weight is 365 g/mol. The van der Waals surface area contributed by atoms with E-state index in [1.54, 1.807) is 23.1 Å². The Balaban J connectivity index is 1.58. The molecule has 0 atom stereocenters. The van der Waals surface area contributed by atoms with E-state index in [9.17, 15) is 14.4 Å². The Kier molecular flexibility index (Phi) is 5.86. The molecular formula is C21H23N3O3. The molecule has 0 spiro atoms. The van der Waals surface area contributed by atoms with Gasteiger partial charge in [0.1, 0.15) is 0 Å². The molecule has 0 aromatic heterocycles. The first-order valence-corrected chi connectivity index (χ1v) is 9.08. The summed E-state index contributed by atoms with van der Waals surface area (Å²) < 4.78 is 0. The minimum absolute atomic E-state index is 0.0839. The maximum Gasteiger partial charge on any atom is 0.313 e. The lowest BCUT2D eigenvalue weighted by atomic mass is 10.1. The number of anilines is 2. The van der Waals surface area contributed by atoms with E-state index in [0.717, 1.165) is 29.7 Å². The molecule has 6 nitrogen and oxygen atoms in total. The van der Waals surface area contributed by atoms with Crippen LogP contribution in [-0.2, 0) is 20.9 Å². The van der Waals surface area contributed by atoms with E-state index in [-0.39, 0.29) is 12.5 Å². The van der Waals surface area contributed by atoms with E-state index in [2.05, 4.69) is 10.6 Å². The van der Waals surface area contributed by atoms with Gasteiger partial charge in [0.15, 0.2) is 0 Å². The van der Waals surface area contributed by atoms with Crippen molar-refractivity contribution < 1.29 is 14.4 Å². The number of carbonyl (C=O) groups is 3. The summed E-state index contributed by atoms with van der Waals surface area (Å²) >= 11 is 0. The Morgan fingerprint density at radius 2 is 1.81 bits per heavy atom. The van der Waals surface area contributed by atoms with Crippen LogP contribution in [0.4, 0.5) is 11.4 Å². The Morgan fingerprint density at radius 1 is 1.04 bits per heavy atom. The predicted molar refractivity (Wildman–Crippen MR) is 104 cm³/mol. The highest BCUT2D eigenvalue weighted by Crippen LogP contribution is 2.23. The first-order chi connectivity index (χ1) is 13.0. The molecule has 1 heterocycles. The van der Waals surface area contributed by atoms with Gasteiger partial charge in [-0.2, -0.15) is 0 Å². The number of benzene rings is 2. The summed E-state index contributed by atoms with van der Waals surface area (Å²) in [5, 5.41) is 5.20. The van der Waals surface area contributed by atoms with E-state index in [1.807, 2.05) is 37.3 Å². The SMILES string of the molecule is Cc1ccc(CNC(=O)C(=O)Nc2cccc(N3CCCCC3=O)c2)cc1. The summed E-state index contributed by atoms with van der Waals surface area (Å²) in [5.74, 6) is -1.35. The van der Waals surface area contributed by atoms with Gasteiger partial charge < -0.3 is 15.5 Å². The maximum atomic E-state index is 12.1. The Labute approximate surface area is 158 Å². The van der Waals surface area contributed by atoms with Crippen LogP contribution in [0.1, 0.15) is 30.4 Å². The number of amides is 3.